The molecule has 5 nitrogen and oxygen atoms in total. The van der Waals surface area contributed by atoms with Crippen LogP contribution in [0.15, 0.2) is 35.3 Å². The van der Waals surface area contributed by atoms with Crippen molar-refractivity contribution >= 4 is 39.8 Å². The van der Waals surface area contributed by atoms with Crippen LogP contribution in [-0.2, 0) is 15.3 Å². The first-order chi connectivity index (χ1) is 11.8. The summed E-state index contributed by atoms with van der Waals surface area (Å²) in [6.07, 6.45) is 6.73. The molecule has 0 radical (unpaired) electrons. The Balaban J connectivity index is 0.00000338. The zero-order chi connectivity index (χ0) is 18.3. The Morgan fingerprint density at radius 3 is 2.38 bits per heavy atom. The number of halogens is 1. The Morgan fingerprint density at radius 1 is 1.23 bits per heavy atom. The highest BCUT2D eigenvalue weighted by atomic mass is 127. The first kappa shape index (κ1) is 23.2. The van der Waals surface area contributed by atoms with Crippen LogP contribution in [0.4, 0.5) is 0 Å². The third-order valence-corrected chi connectivity index (χ3v) is 6.05. The average molecular weight is 493 g/mol. The minimum atomic E-state index is -2.93. The van der Waals surface area contributed by atoms with Crippen LogP contribution >= 0.6 is 24.0 Å². The number of aliphatic imine (C=N–C) groups is 1. The number of rotatable bonds is 7. The summed E-state index contributed by atoms with van der Waals surface area (Å²) in [6, 6.07) is 10.8. The molecule has 7 heteroatoms. The molecule has 0 aromatic heterocycles. The van der Waals surface area contributed by atoms with E-state index in [1.54, 1.807) is 7.05 Å². The van der Waals surface area contributed by atoms with Gasteiger partial charge in [-0.15, -0.1) is 24.0 Å². The Bertz CT molecular complexity index is 671. The van der Waals surface area contributed by atoms with Crippen LogP contribution in [-0.4, -0.2) is 46.0 Å². The molecule has 1 atom stereocenters. The van der Waals surface area contributed by atoms with Crippen LogP contribution in [0.1, 0.15) is 44.6 Å². The lowest BCUT2D eigenvalue weighted by atomic mass is 9.79. The van der Waals surface area contributed by atoms with Crippen molar-refractivity contribution in [2.75, 3.05) is 25.6 Å². The van der Waals surface area contributed by atoms with Gasteiger partial charge in [-0.3, -0.25) is 4.99 Å². The summed E-state index contributed by atoms with van der Waals surface area (Å²) in [5.41, 5.74) is 1.55. The SMILES string of the molecule is CN=C(NCC1(c2ccccc2)CCCC1)NC(C)CCS(C)(=O)=O.I. The molecular weight excluding hydrogens is 461 g/mol. The predicted octanol–water partition coefficient (Wildman–Crippen LogP) is 3.10. The predicted molar refractivity (Wildman–Crippen MR) is 120 cm³/mol. The zero-order valence-corrected chi connectivity index (χ0v) is 19.1. The Labute approximate surface area is 175 Å². The van der Waals surface area contributed by atoms with Crippen molar-refractivity contribution in [1.82, 2.24) is 10.6 Å². The van der Waals surface area contributed by atoms with Gasteiger partial charge in [-0.2, -0.15) is 0 Å². The molecule has 0 aliphatic heterocycles. The molecule has 1 aromatic carbocycles. The molecule has 1 aromatic rings. The van der Waals surface area contributed by atoms with Crippen LogP contribution in [0.25, 0.3) is 0 Å². The van der Waals surface area contributed by atoms with Crippen molar-refractivity contribution in [3.63, 3.8) is 0 Å². The van der Waals surface area contributed by atoms with E-state index in [0.717, 1.165) is 12.5 Å². The quantitative estimate of drug-likeness (QED) is 0.348. The smallest absolute Gasteiger partial charge is 0.191 e. The van der Waals surface area contributed by atoms with Crippen molar-refractivity contribution in [2.24, 2.45) is 4.99 Å². The molecule has 26 heavy (non-hydrogen) atoms. The maximum absolute atomic E-state index is 11.3. The number of sulfone groups is 1. The lowest BCUT2D eigenvalue weighted by Crippen LogP contribution is -2.47. The van der Waals surface area contributed by atoms with Crippen LogP contribution < -0.4 is 10.6 Å². The molecule has 148 valence electrons. The van der Waals surface area contributed by atoms with E-state index in [-0.39, 0.29) is 41.2 Å². The van der Waals surface area contributed by atoms with Crippen LogP contribution in [0.2, 0.25) is 0 Å². The van der Waals surface area contributed by atoms with E-state index >= 15 is 0 Å². The summed E-state index contributed by atoms with van der Waals surface area (Å²) < 4.78 is 22.6. The summed E-state index contributed by atoms with van der Waals surface area (Å²) >= 11 is 0. The van der Waals surface area contributed by atoms with E-state index in [2.05, 4.69) is 46.0 Å². The van der Waals surface area contributed by atoms with Crippen molar-refractivity contribution < 1.29 is 8.42 Å². The molecule has 2 rings (SSSR count). The van der Waals surface area contributed by atoms with Gasteiger partial charge in [-0.25, -0.2) is 8.42 Å². The molecule has 2 N–H and O–H groups in total. The van der Waals surface area contributed by atoms with Gasteiger partial charge in [0.15, 0.2) is 5.96 Å². The Hall–Kier alpha value is -0.830. The fraction of sp³-hybridized carbons (Fsp3) is 0.632. The van der Waals surface area contributed by atoms with Gasteiger partial charge in [0.05, 0.1) is 5.75 Å². The maximum Gasteiger partial charge on any atom is 0.191 e. The number of hydrogen-bond donors (Lipinski definition) is 2. The summed E-state index contributed by atoms with van der Waals surface area (Å²) in [5, 5.41) is 6.77. The van der Waals surface area contributed by atoms with E-state index in [0.29, 0.717) is 6.42 Å². The molecule has 0 amide bonds. The molecule has 1 aliphatic carbocycles. The van der Waals surface area contributed by atoms with E-state index in [1.165, 1.54) is 37.5 Å². The number of nitrogens with one attached hydrogen (secondary N) is 2. The first-order valence-corrected chi connectivity index (χ1v) is 11.1. The van der Waals surface area contributed by atoms with E-state index in [9.17, 15) is 8.42 Å². The zero-order valence-electron chi connectivity index (χ0n) is 16.0. The summed E-state index contributed by atoms with van der Waals surface area (Å²) in [4.78, 5) is 4.30. The Kier molecular flexibility index (Phi) is 9.36. The van der Waals surface area contributed by atoms with Crippen molar-refractivity contribution in [3.8, 4) is 0 Å². The summed E-state index contributed by atoms with van der Waals surface area (Å²) in [6.45, 7) is 2.83. The summed E-state index contributed by atoms with van der Waals surface area (Å²) in [5.74, 6) is 0.926. The van der Waals surface area contributed by atoms with E-state index in [4.69, 9.17) is 0 Å². The van der Waals surface area contributed by atoms with Crippen molar-refractivity contribution in [2.45, 2.75) is 50.5 Å². The fourth-order valence-corrected chi connectivity index (χ4v) is 4.34. The summed E-state index contributed by atoms with van der Waals surface area (Å²) in [7, 11) is -1.18. The molecule has 1 aliphatic rings. The minimum absolute atomic E-state index is 0. The second-order valence-electron chi connectivity index (χ2n) is 7.24. The number of hydrogen-bond acceptors (Lipinski definition) is 3. The van der Waals surface area contributed by atoms with Crippen LogP contribution in [0.3, 0.4) is 0 Å². The normalized spacial score (nSPS) is 18.0. The van der Waals surface area contributed by atoms with Crippen molar-refractivity contribution in [1.29, 1.82) is 0 Å². The molecule has 1 saturated carbocycles. The molecule has 0 saturated heterocycles. The molecule has 0 spiro atoms. The van der Waals surface area contributed by atoms with Gasteiger partial charge >= 0.3 is 0 Å². The topological polar surface area (TPSA) is 70.6 Å². The largest absolute Gasteiger partial charge is 0.356 e. The van der Waals surface area contributed by atoms with Crippen LogP contribution in [0.5, 0.6) is 0 Å². The number of guanidine groups is 1. The third-order valence-electron chi connectivity index (χ3n) is 5.07. The van der Waals surface area contributed by atoms with Gasteiger partial charge in [0.2, 0.25) is 0 Å². The molecule has 0 bridgehead atoms. The lowest BCUT2D eigenvalue weighted by Gasteiger charge is -2.31. The first-order valence-electron chi connectivity index (χ1n) is 9.05. The second-order valence-corrected chi connectivity index (χ2v) is 9.50. The van der Waals surface area contributed by atoms with Gasteiger partial charge in [-0.05, 0) is 31.7 Å². The van der Waals surface area contributed by atoms with Gasteiger partial charge in [0.1, 0.15) is 9.84 Å². The highest BCUT2D eigenvalue weighted by Gasteiger charge is 2.35. The monoisotopic (exact) mass is 493 g/mol. The Morgan fingerprint density at radius 2 is 1.85 bits per heavy atom. The number of benzene rings is 1. The van der Waals surface area contributed by atoms with Crippen LogP contribution in [0, 0.1) is 0 Å². The molecule has 0 heterocycles. The lowest BCUT2D eigenvalue weighted by molar-refractivity contribution is 0.430. The van der Waals surface area contributed by atoms with E-state index in [1.807, 2.05) is 6.92 Å². The number of nitrogens with zero attached hydrogens (tertiary/aromatic N) is 1. The standard InChI is InChI=1S/C19H31N3O2S.HI/c1-16(11-14-25(3,23)24)22-18(20-2)21-15-19(12-7-8-13-19)17-9-5-4-6-10-17;/h4-6,9-10,16H,7-8,11-15H2,1-3H3,(H2,20,21,22);1H. The highest BCUT2D eigenvalue weighted by molar-refractivity contribution is 14.0. The van der Waals surface area contributed by atoms with Gasteiger partial charge < -0.3 is 10.6 Å². The van der Waals surface area contributed by atoms with Crippen molar-refractivity contribution in [3.05, 3.63) is 35.9 Å². The fourth-order valence-electron chi connectivity index (χ4n) is 3.55. The molecule has 1 unspecified atom stereocenters. The van der Waals surface area contributed by atoms with Gasteiger partial charge in [-0.1, -0.05) is 43.2 Å². The molecular formula is C19H32IN3O2S. The average Bonchev–Trinajstić information content (AvgIpc) is 3.07. The maximum atomic E-state index is 11.3. The van der Waals surface area contributed by atoms with Gasteiger partial charge in [0, 0.05) is 31.3 Å². The third kappa shape index (κ3) is 7.06. The van der Waals surface area contributed by atoms with E-state index < -0.39 is 9.84 Å². The molecule has 1 fully saturated rings. The van der Waals surface area contributed by atoms with Gasteiger partial charge in [0.25, 0.3) is 0 Å². The highest BCUT2D eigenvalue weighted by Crippen LogP contribution is 2.40. The minimum Gasteiger partial charge on any atom is -0.356 e. The second kappa shape index (κ2) is 10.5.